The van der Waals surface area contributed by atoms with E-state index in [1.807, 2.05) is 31.2 Å². The number of ether oxygens (including phenoxy) is 1. The van der Waals surface area contributed by atoms with Gasteiger partial charge in [-0.1, -0.05) is 23.7 Å². The molecule has 0 N–H and O–H groups in total. The Balaban J connectivity index is 1.65. The van der Waals surface area contributed by atoms with E-state index in [0.717, 1.165) is 15.2 Å². The first-order valence-electron chi connectivity index (χ1n) is 8.04. The number of para-hydroxylation sites is 1. The highest BCUT2D eigenvalue weighted by Gasteiger charge is 2.21. The Hall–Kier alpha value is -2.71. The Morgan fingerprint density at radius 3 is 2.78 bits per heavy atom. The molecule has 2 aromatic carbocycles. The molecule has 3 rings (SSSR count). The first-order valence-corrected chi connectivity index (χ1v) is 9.24. The number of thiazole rings is 1. The Morgan fingerprint density at radius 2 is 2.11 bits per heavy atom. The van der Waals surface area contributed by atoms with Crippen LogP contribution in [-0.2, 0) is 4.79 Å². The number of amides is 1. The van der Waals surface area contributed by atoms with Crippen molar-refractivity contribution in [3.63, 3.8) is 0 Å². The van der Waals surface area contributed by atoms with Gasteiger partial charge in [-0.05, 0) is 25.1 Å². The zero-order chi connectivity index (χ0) is 19.6. The van der Waals surface area contributed by atoms with Crippen LogP contribution in [0.15, 0.2) is 42.5 Å². The van der Waals surface area contributed by atoms with Crippen LogP contribution >= 0.6 is 22.9 Å². The molecular weight excluding hydrogens is 390 g/mol. The second-order valence-corrected chi connectivity index (χ2v) is 7.33. The summed E-state index contributed by atoms with van der Waals surface area (Å²) in [6.07, 6.45) is 0. The standard InChI is InChI=1S/C18H16ClN3O4S/c1-11(18-20-14-5-3-4-6-16(14)27-18)21(2)17(23)10-26-15-8-7-12(22(24)25)9-13(15)19/h3-9,11H,10H2,1-2H3. The molecule has 0 aliphatic rings. The summed E-state index contributed by atoms with van der Waals surface area (Å²) in [5.41, 5.74) is 0.763. The zero-order valence-electron chi connectivity index (χ0n) is 14.6. The first kappa shape index (κ1) is 19.1. The molecule has 9 heteroatoms. The summed E-state index contributed by atoms with van der Waals surface area (Å²) in [6.45, 7) is 1.66. The maximum absolute atomic E-state index is 12.5. The number of nitro benzene ring substituents is 1. The number of non-ortho nitro benzene ring substituents is 1. The minimum Gasteiger partial charge on any atom is -0.482 e. The van der Waals surface area contributed by atoms with Crippen LogP contribution in [0.4, 0.5) is 5.69 Å². The molecule has 1 amide bonds. The van der Waals surface area contributed by atoms with Gasteiger partial charge in [0.05, 0.1) is 26.2 Å². The highest BCUT2D eigenvalue weighted by molar-refractivity contribution is 7.18. The summed E-state index contributed by atoms with van der Waals surface area (Å²) in [5.74, 6) is -0.0344. The average Bonchev–Trinajstić information content (AvgIpc) is 3.09. The van der Waals surface area contributed by atoms with Crippen molar-refractivity contribution in [2.24, 2.45) is 0 Å². The predicted molar refractivity (Wildman–Crippen MR) is 104 cm³/mol. The Kier molecular flexibility index (Phi) is 5.57. The van der Waals surface area contributed by atoms with Gasteiger partial charge < -0.3 is 9.64 Å². The SMILES string of the molecule is CC(c1nc2ccccc2s1)N(C)C(=O)COc1ccc([N+](=O)[O-])cc1Cl. The molecule has 7 nitrogen and oxygen atoms in total. The minimum atomic E-state index is -0.547. The van der Waals surface area contributed by atoms with E-state index in [4.69, 9.17) is 16.3 Å². The summed E-state index contributed by atoms with van der Waals surface area (Å²) in [4.78, 5) is 28.8. The van der Waals surface area contributed by atoms with Gasteiger partial charge in [-0.3, -0.25) is 14.9 Å². The van der Waals surface area contributed by atoms with E-state index < -0.39 is 4.92 Å². The summed E-state index contributed by atoms with van der Waals surface area (Å²) in [5, 5.41) is 11.7. The Bertz CT molecular complexity index is 974. The van der Waals surface area contributed by atoms with Gasteiger partial charge in [-0.2, -0.15) is 0 Å². The van der Waals surface area contributed by atoms with Gasteiger partial charge >= 0.3 is 0 Å². The summed E-state index contributed by atoms with van der Waals surface area (Å²) < 4.78 is 6.50. The molecule has 0 saturated heterocycles. The van der Waals surface area contributed by atoms with Gasteiger partial charge in [0, 0.05) is 19.2 Å². The van der Waals surface area contributed by atoms with Crippen molar-refractivity contribution in [1.29, 1.82) is 0 Å². The van der Waals surface area contributed by atoms with E-state index in [9.17, 15) is 14.9 Å². The predicted octanol–water partition coefficient (Wildman–Crippen LogP) is 4.46. The number of rotatable bonds is 6. The van der Waals surface area contributed by atoms with E-state index >= 15 is 0 Å². The van der Waals surface area contributed by atoms with Crippen LogP contribution in [0.2, 0.25) is 5.02 Å². The van der Waals surface area contributed by atoms with Gasteiger partial charge in [-0.15, -0.1) is 11.3 Å². The zero-order valence-corrected chi connectivity index (χ0v) is 16.2. The normalized spacial score (nSPS) is 12.0. The van der Waals surface area contributed by atoms with Crippen molar-refractivity contribution in [2.45, 2.75) is 13.0 Å². The van der Waals surface area contributed by atoms with Gasteiger partial charge in [-0.25, -0.2) is 4.98 Å². The molecule has 1 unspecified atom stereocenters. The lowest BCUT2D eigenvalue weighted by Crippen LogP contribution is -2.33. The summed E-state index contributed by atoms with van der Waals surface area (Å²) >= 11 is 7.52. The number of carbonyl (C=O) groups excluding carboxylic acids is 1. The number of nitro groups is 1. The number of hydrogen-bond acceptors (Lipinski definition) is 6. The number of hydrogen-bond donors (Lipinski definition) is 0. The Labute approximate surface area is 164 Å². The molecule has 1 aromatic heterocycles. The van der Waals surface area contributed by atoms with E-state index in [-0.39, 0.29) is 35.0 Å². The minimum absolute atomic E-state index is 0.0823. The van der Waals surface area contributed by atoms with E-state index in [0.29, 0.717) is 0 Å². The van der Waals surface area contributed by atoms with Crippen LogP contribution < -0.4 is 4.74 Å². The lowest BCUT2D eigenvalue weighted by molar-refractivity contribution is -0.384. The third-order valence-electron chi connectivity index (χ3n) is 4.12. The number of nitrogens with zero attached hydrogens (tertiary/aromatic N) is 3. The fourth-order valence-corrected chi connectivity index (χ4v) is 3.70. The van der Waals surface area contributed by atoms with Crippen LogP contribution in [0.3, 0.4) is 0 Å². The smallest absolute Gasteiger partial charge is 0.271 e. The monoisotopic (exact) mass is 405 g/mol. The van der Waals surface area contributed by atoms with Gasteiger partial charge in [0.15, 0.2) is 6.61 Å². The third kappa shape index (κ3) is 4.17. The molecule has 1 atom stereocenters. The second-order valence-electron chi connectivity index (χ2n) is 5.86. The van der Waals surface area contributed by atoms with Gasteiger partial charge in [0.25, 0.3) is 11.6 Å². The first-order chi connectivity index (χ1) is 12.9. The third-order valence-corrected chi connectivity index (χ3v) is 5.62. The average molecular weight is 406 g/mol. The van der Waals surface area contributed by atoms with Gasteiger partial charge in [0.1, 0.15) is 10.8 Å². The highest BCUT2D eigenvalue weighted by Crippen LogP contribution is 2.30. The van der Waals surface area contributed by atoms with Crippen molar-refractivity contribution in [3.05, 3.63) is 62.6 Å². The molecular formula is C18H16ClN3O4S. The Morgan fingerprint density at radius 1 is 1.37 bits per heavy atom. The van der Waals surface area contributed by atoms with Crippen LogP contribution in [-0.4, -0.2) is 34.4 Å². The van der Waals surface area contributed by atoms with E-state index in [1.165, 1.54) is 18.2 Å². The summed E-state index contributed by atoms with van der Waals surface area (Å²) in [6, 6.07) is 11.4. The molecule has 27 heavy (non-hydrogen) atoms. The highest BCUT2D eigenvalue weighted by atomic mass is 35.5. The number of carbonyl (C=O) groups is 1. The number of aromatic nitrogens is 1. The maximum atomic E-state index is 12.5. The number of likely N-dealkylation sites (N-methyl/N-ethyl adjacent to an activating group) is 1. The molecule has 0 spiro atoms. The fourth-order valence-electron chi connectivity index (χ4n) is 2.41. The van der Waals surface area contributed by atoms with Crippen LogP contribution in [0.5, 0.6) is 5.75 Å². The molecule has 0 aliphatic carbocycles. The van der Waals surface area contributed by atoms with Crippen LogP contribution in [0.1, 0.15) is 18.0 Å². The largest absolute Gasteiger partial charge is 0.482 e. The molecule has 0 radical (unpaired) electrons. The van der Waals surface area contributed by atoms with Crippen molar-refractivity contribution in [2.75, 3.05) is 13.7 Å². The molecule has 0 saturated carbocycles. The molecule has 140 valence electrons. The van der Waals surface area contributed by atoms with Gasteiger partial charge in [0.2, 0.25) is 0 Å². The molecule has 1 heterocycles. The lowest BCUT2D eigenvalue weighted by atomic mass is 10.3. The van der Waals surface area contributed by atoms with E-state index in [2.05, 4.69) is 4.98 Å². The lowest BCUT2D eigenvalue weighted by Gasteiger charge is -2.23. The number of halogens is 1. The van der Waals surface area contributed by atoms with Crippen molar-refractivity contribution in [1.82, 2.24) is 9.88 Å². The molecule has 0 bridgehead atoms. The topological polar surface area (TPSA) is 85.6 Å². The number of fused-ring (bicyclic) bond motifs is 1. The molecule has 0 aliphatic heterocycles. The van der Waals surface area contributed by atoms with Crippen molar-refractivity contribution >= 4 is 44.7 Å². The second kappa shape index (κ2) is 7.89. The van der Waals surface area contributed by atoms with Crippen LogP contribution in [0.25, 0.3) is 10.2 Å². The van der Waals surface area contributed by atoms with Crippen molar-refractivity contribution < 1.29 is 14.5 Å². The quantitative estimate of drug-likeness (QED) is 0.446. The molecule has 0 fully saturated rings. The van der Waals surface area contributed by atoms with Crippen molar-refractivity contribution in [3.8, 4) is 5.75 Å². The summed E-state index contributed by atoms with van der Waals surface area (Å²) in [7, 11) is 1.68. The number of benzene rings is 2. The fraction of sp³-hybridized carbons (Fsp3) is 0.222. The van der Waals surface area contributed by atoms with E-state index in [1.54, 1.807) is 23.3 Å². The molecule has 3 aromatic rings. The van der Waals surface area contributed by atoms with Crippen LogP contribution in [0, 0.1) is 10.1 Å². The maximum Gasteiger partial charge on any atom is 0.271 e.